The average molecular weight is 1130 g/mol. The minimum Gasteiger partial charge on any atom is -0.508 e. The Bertz CT molecular complexity index is 3350. The Hall–Kier alpha value is -8.66. The number of anilines is 4. The Balaban J connectivity index is 0.750. The van der Waals surface area contributed by atoms with Crippen molar-refractivity contribution < 1.29 is 47.3 Å². The summed E-state index contributed by atoms with van der Waals surface area (Å²) >= 11 is 0. The number of nitrogens with zero attached hydrogens (tertiary/aromatic N) is 6. The maximum atomic E-state index is 13.5. The highest BCUT2D eigenvalue weighted by molar-refractivity contribution is 6.17. The highest BCUT2D eigenvalue weighted by Gasteiger charge is 2.48. The van der Waals surface area contributed by atoms with Crippen LogP contribution in [0.1, 0.15) is 85.0 Å². The van der Waals surface area contributed by atoms with E-state index in [1.165, 1.54) is 17.9 Å². The number of hydrogen-bond acceptors (Lipinski definition) is 15. The number of aromatic nitrogens is 2. The summed E-state index contributed by atoms with van der Waals surface area (Å²) in [6.45, 7) is 11.3. The van der Waals surface area contributed by atoms with Crippen molar-refractivity contribution in [3.63, 3.8) is 0 Å². The summed E-state index contributed by atoms with van der Waals surface area (Å²) in [5.74, 6) is -2.13. The maximum absolute atomic E-state index is 13.5. The van der Waals surface area contributed by atoms with E-state index in [1.807, 2.05) is 67.7 Å². The van der Waals surface area contributed by atoms with Crippen LogP contribution in [0.4, 0.5) is 40.7 Å². The molecule has 3 aliphatic heterocycles. The summed E-state index contributed by atoms with van der Waals surface area (Å²) in [6, 6.07) is 29.7. The van der Waals surface area contributed by atoms with E-state index in [0.717, 1.165) is 83.3 Å². The minimum atomic E-state index is -4.65. The summed E-state index contributed by atoms with van der Waals surface area (Å²) in [4.78, 5) is 54.0. The largest absolute Gasteiger partial charge is 0.508 e. The van der Waals surface area contributed by atoms with E-state index in [-0.39, 0.29) is 66.5 Å². The Morgan fingerprint density at radius 3 is 2.27 bits per heavy atom. The van der Waals surface area contributed by atoms with Crippen LogP contribution < -0.4 is 41.8 Å². The van der Waals surface area contributed by atoms with Gasteiger partial charge in [-0.1, -0.05) is 81.1 Å². The molecule has 9 N–H and O–H groups in total. The number of benzene rings is 5. The van der Waals surface area contributed by atoms with E-state index >= 15 is 0 Å². The number of hydrazone groups is 1. The summed E-state index contributed by atoms with van der Waals surface area (Å²) in [5.41, 5.74) is 7.76. The fourth-order valence-electron chi connectivity index (χ4n) is 10.7. The molecule has 0 radical (unpaired) electrons. The van der Waals surface area contributed by atoms with Crippen molar-refractivity contribution in [2.75, 3.05) is 66.2 Å². The molecule has 6 aromatic rings. The molecule has 3 aliphatic rings. The Morgan fingerprint density at radius 2 is 1.55 bits per heavy atom. The lowest BCUT2D eigenvalue weighted by molar-refractivity contribution is -0.141. The summed E-state index contributed by atoms with van der Waals surface area (Å²) < 4.78 is 53.0. The van der Waals surface area contributed by atoms with E-state index < -0.39 is 36.0 Å². The normalized spacial score (nSPS) is 16.6. The van der Waals surface area contributed by atoms with Gasteiger partial charge in [0.15, 0.2) is 11.7 Å². The number of fused-ring (bicyclic) bond motifs is 2. The van der Waals surface area contributed by atoms with Crippen molar-refractivity contribution in [3.05, 3.63) is 149 Å². The van der Waals surface area contributed by atoms with E-state index in [9.17, 15) is 47.3 Å². The maximum Gasteiger partial charge on any atom is 0.405 e. The van der Waals surface area contributed by atoms with E-state index in [2.05, 4.69) is 60.3 Å². The first-order valence-electron chi connectivity index (χ1n) is 27.4. The minimum absolute atomic E-state index is 0.0958. The van der Waals surface area contributed by atoms with Crippen molar-refractivity contribution in [1.82, 2.24) is 36.2 Å². The summed E-state index contributed by atoms with van der Waals surface area (Å²) in [7, 11) is 0. The van der Waals surface area contributed by atoms with Gasteiger partial charge in [0.1, 0.15) is 29.6 Å². The highest BCUT2D eigenvalue weighted by Crippen LogP contribution is 2.39. The summed E-state index contributed by atoms with van der Waals surface area (Å²) in [6.07, 6.45) is -1.17. The molecule has 0 spiro atoms. The van der Waals surface area contributed by atoms with Crippen LogP contribution in [0.3, 0.4) is 0 Å². The second kappa shape index (κ2) is 25.0. The van der Waals surface area contributed by atoms with Crippen LogP contribution in [-0.2, 0) is 46.9 Å². The number of amidine groups is 1. The van der Waals surface area contributed by atoms with Crippen molar-refractivity contribution in [2.45, 2.75) is 90.3 Å². The number of alkyl halides is 3. The van der Waals surface area contributed by atoms with Crippen molar-refractivity contribution in [1.29, 1.82) is 0 Å². The van der Waals surface area contributed by atoms with Crippen LogP contribution in [0.5, 0.6) is 17.2 Å². The molecule has 0 saturated carbocycles. The highest BCUT2D eigenvalue weighted by atomic mass is 19.4. The predicted octanol–water partition coefficient (Wildman–Crippen LogP) is 8.18. The first kappa shape index (κ1) is 58.0. The number of piperidine rings is 1. The molecule has 0 bridgehead atoms. The number of carbonyl (C=O) groups excluding carboxylic acids is 3. The van der Waals surface area contributed by atoms with Crippen molar-refractivity contribution in [3.8, 4) is 17.2 Å². The number of halogens is 4. The van der Waals surface area contributed by atoms with Gasteiger partial charge in [0.25, 0.3) is 11.8 Å². The molecule has 18 nitrogen and oxygen atoms in total. The topological polar surface area (TPSA) is 232 Å². The molecule has 0 aliphatic carbocycles. The number of likely N-dealkylation sites (tertiary alicyclic amines) is 1. The summed E-state index contributed by atoms with van der Waals surface area (Å²) in [5, 5.41) is 52.3. The molecule has 1 saturated heterocycles. The number of carbonyl (C=O) groups is 3. The lowest BCUT2D eigenvalue weighted by atomic mass is 9.90. The zero-order valence-electron chi connectivity index (χ0n) is 46.0. The van der Waals surface area contributed by atoms with Crippen LogP contribution in [0, 0.1) is 5.92 Å². The van der Waals surface area contributed by atoms with Gasteiger partial charge in [0, 0.05) is 80.1 Å². The Kier molecular flexibility index (Phi) is 17.7. The van der Waals surface area contributed by atoms with E-state index in [4.69, 9.17) is 9.97 Å². The van der Waals surface area contributed by atoms with Gasteiger partial charge in [0.05, 0.1) is 17.8 Å². The van der Waals surface area contributed by atoms with Crippen LogP contribution in [0.15, 0.2) is 115 Å². The quantitative estimate of drug-likeness (QED) is 0.0188. The van der Waals surface area contributed by atoms with Crippen LogP contribution >= 0.6 is 0 Å². The fourth-order valence-corrected chi connectivity index (χ4v) is 10.7. The monoisotopic (exact) mass is 1130 g/mol. The number of amides is 3. The van der Waals surface area contributed by atoms with Crippen LogP contribution in [-0.4, -0.2) is 111 Å². The van der Waals surface area contributed by atoms with Gasteiger partial charge in [-0.15, -0.1) is 0 Å². The molecule has 1 unspecified atom stereocenters. The first-order chi connectivity index (χ1) is 39.2. The molecule has 82 heavy (non-hydrogen) atoms. The van der Waals surface area contributed by atoms with Gasteiger partial charge in [-0.3, -0.25) is 29.6 Å². The molecule has 432 valence electrons. The van der Waals surface area contributed by atoms with Crippen molar-refractivity contribution >= 4 is 57.5 Å². The number of rotatable bonds is 21. The second-order valence-corrected chi connectivity index (χ2v) is 21.5. The fraction of sp³-hybridized carbons (Fsp3) is 0.367. The molecule has 5 aromatic carbocycles. The SMILES string of the molecule is C=C(F)C(=O)NCCNc1nc(NCCC(=O)NCc2ccc(CN3CCC(Cc4ccc(N5C(c6cc(C(C)C)c(O)cc6O)=NNC5(C)C(=O)NCC(F)(F)F)cc4)CC3)cc2)nc2c1CCN(c1cc(O)cc3ccccc13)C2. The lowest BCUT2D eigenvalue weighted by Crippen LogP contribution is -2.62. The third-order valence-corrected chi connectivity index (χ3v) is 15.1. The van der Waals surface area contributed by atoms with Gasteiger partial charge in [-0.2, -0.15) is 23.3 Å². The molecule has 4 heterocycles. The smallest absolute Gasteiger partial charge is 0.405 e. The number of nitrogens with one attached hydrogen (secondary N) is 6. The molecule has 1 aromatic heterocycles. The van der Waals surface area contributed by atoms with Gasteiger partial charge in [-0.05, 0) is 109 Å². The predicted molar refractivity (Wildman–Crippen MR) is 307 cm³/mol. The Morgan fingerprint density at radius 1 is 0.829 bits per heavy atom. The van der Waals surface area contributed by atoms with Crippen LogP contribution in [0.2, 0.25) is 0 Å². The zero-order valence-corrected chi connectivity index (χ0v) is 46.0. The molecular weight excluding hydrogens is 1060 g/mol. The van der Waals surface area contributed by atoms with Gasteiger partial charge in [-0.25, -0.2) is 9.37 Å². The zero-order chi connectivity index (χ0) is 58.3. The molecule has 22 heteroatoms. The molecule has 3 amide bonds. The standard InChI is InChI=1S/C60H68F4N12O6/c1-36(2)47-30-48(52(79)31-51(47)78)55-72-73-59(4,57(82)69-35-60(62,63)64)76(55)43-15-13-38(14-16-43)27-39-18-24-74(25-19-39)33-41-11-9-40(10-12-41)32-68-53(80)17-21-67-58-70-49-34-75(50-29-44(77)28-42-7-5-6-8-45(42)50)26-20-46(49)54(71-58)65-22-23-66-56(81)37(3)61/h5-16,28-31,36,39,73,77-79H,3,17-27,32-35H2,1-2,4H3,(H,66,81)(H,68,80)(H,69,82)(H2,65,67,70,71). The van der Waals surface area contributed by atoms with E-state index in [0.29, 0.717) is 55.0 Å². The second-order valence-electron chi connectivity index (χ2n) is 21.5. The third-order valence-electron chi connectivity index (χ3n) is 15.1. The molecule has 9 rings (SSSR count). The molecular formula is C60H68F4N12O6. The Labute approximate surface area is 472 Å². The van der Waals surface area contributed by atoms with E-state index in [1.54, 1.807) is 30.3 Å². The average Bonchev–Trinajstić information content (AvgIpc) is 3.61. The number of hydrogen-bond donors (Lipinski definition) is 9. The number of aromatic hydroxyl groups is 3. The number of phenols is 3. The third kappa shape index (κ3) is 13.9. The van der Waals surface area contributed by atoms with Crippen LogP contribution in [0.25, 0.3) is 10.8 Å². The van der Waals surface area contributed by atoms with Gasteiger partial charge < -0.3 is 46.8 Å². The van der Waals surface area contributed by atoms with Gasteiger partial charge >= 0.3 is 6.18 Å². The first-order valence-corrected chi connectivity index (χ1v) is 27.4. The molecule has 1 atom stereocenters. The van der Waals surface area contributed by atoms with Crippen molar-refractivity contribution in [2.24, 2.45) is 11.0 Å². The lowest BCUT2D eigenvalue weighted by Gasteiger charge is -2.36. The van der Waals surface area contributed by atoms with Gasteiger partial charge in [0.2, 0.25) is 17.5 Å². The number of phenolic OH excluding ortho intramolecular Hbond substituents is 3. The molecule has 1 fully saturated rings.